The minimum atomic E-state index is -0.126. The number of nitrogens with one attached hydrogen (secondary N) is 1. The lowest BCUT2D eigenvalue weighted by Crippen LogP contribution is -2.41. The fourth-order valence-electron chi connectivity index (χ4n) is 1.94. The van der Waals surface area contributed by atoms with Crippen molar-refractivity contribution in [1.29, 1.82) is 0 Å². The van der Waals surface area contributed by atoms with E-state index >= 15 is 0 Å². The highest BCUT2D eigenvalue weighted by molar-refractivity contribution is 5.77. The highest BCUT2D eigenvalue weighted by atomic mass is 16.3. The van der Waals surface area contributed by atoms with Crippen molar-refractivity contribution in [2.75, 3.05) is 6.61 Å². The molecule has 0 heterocycles. The number of rotatable bonds is 7. The summed E-state index contributed by atoms with van der Waals surface area (Å²) in [6.45, 7) is 4.15. The average molecular weight is 228 g/mol. The van der Waals surface area contributed by atoms with E-state index in [1.165, 1.54) is 0 Å². The Bertz CT molecular complexity index is 227. The molecule has 1 rings (SSSR count). The first-order chi connectivity index (χ1) is 7.52. The third-order valence-electron chi connectivity index (χ3n) is 2.99. The van der Waals surface area contributed by atoms with Gasteiger partial charge in [0.2, 0.25) is 5.91 Å². The van der Waals surface area contributed by atoms with E-state index in [4.69, 9.17) is 10.8 Å². The number of amides is 1. The second kappa shape index (κ2) is 6.21. The maximum atomic E-state index is 11.6. The molecule has 0 saturated heterocycles. The van der Waals surface area contributed by atoms with Crippen LogP contribution in [0.5, 0.6) is 0 Å². The van der Waals surface area contributed by atoms with Gasteiger partial charge in [0.05, 0.1) is 12.6 Å². The Morgan fingerprint density at radius 3 is 2.56 bits per heavy atom. The number of hydrogen-bond donors (Lipinski definition) is 3. The third kappa shape index (κ3) is 4.94. The molecule has 1 saturated carbocycles. The minimum absolute atomic E-state index is 0.00149. The summed E-state index contributed by atoms with van der Waals surface area (Å²) < 4.78 is 0. The first-order valence-corrected chi connectivity index (χ1v) is 6.18. The summed E-state index contributed by atoms with van der Waals surface area (Å²) >= 11 is 0. The Balaban J connectivity index is 2.24. The molecule has 4 nitrogen and oxygen atoms in total. The molecule has 1 aliphatic carbocycles. The molecule has 0 aliphatic heterocycles. The highest BCUT2D eigenvalue weighted by Gasteiger charge is 2.30. The molecule has 0 aromatic heterocycles. The lowest BCUT2D eigenvalue weighted by molar-refractivity contribution is -0.122. The average Bonchev–Trinajstić information content (AvgIpc) is 2.98. The molecule has 1 aliphatic rings. The van der Waals surface area contributed by atoms with Crippen LogP contribution in [-0.2, 0) is 4.79 Å². The molecule has 0 radical (unpaired) electrons. The zero-order chi connectivity index (χ0) is 12.1. The Labute approximate surface area is 97.6 Å². The molecule has 0 bridgehead atoms. The van der Waals surface area contributed by atoms with Crippen LogP contribution >= 0.6 is 0 Å². The maximum Gasteiger partial charge on any atom is 0.221 e. The molecule has 0 aromatic carbocycles. The minimum Gasteiger partial charge on any atom is -0.394 e. The van der Waals surface area contributed by atoms with Gasteiger partial charge in [-0.1, -0.05) is 13.8 Å². The van der Waals surface area contributed by atoms with Crippen LogP contribution in [0.3, 0.4) is 0 Å². The highest BCUT2D eigenvalue weighted by Crippen LogP contribution is 2.32. The number of hydrogen-bond acceptors (Lipinski definition) is 3. The summed E-state index contributed by atoms with van der Waals surface area (Å²) in [6.07, 6.45) is 3.51. The van der Waals surface area contributed by atoms with Crippen molar-refractivity contribution in [3.8, 4) is 0 Å². The molecule has 16 heavy (non-hydrogen) atoms. The van der Waals surface area contributed by atoms with E-state index in [1.807, 2.05) is 0 Å². The first kappa shape index (κ1) is 13.5. The van der Waals surface area contributed by atoms with Gasteiger partial charge < -0.3 is 16.2 Å². The quantitative estimate of drug-likeness (QED) is 0.598. The number of aliphatic hydroxyl groups is 1. The lowest BCUT2D eigenvalue weighted by atomic mass is 10.0. The van der Waals surface area contributed by atoms with Gasteiger partial charge in [-0.2, -0.15) is 0 Å². The van der Waals surface area contributed by atoms with Crippen LogP contribution in [-0.4, -0.2) is 29.7 Å². The zero-order valence-corrected chi connectivity index (χ0v) is 10.3. The van der Waals surface area contributed by atoms with Crippen LogP contribution in [0.1, 0.15) is 39.5 Å². The summed E-state index contributed by atoms with van der Waals surface area (Å²) in [5, 5.41) is 12.0. The number of nitrogens with two attached hydrogens (primary N) is 1. The van der Waals surface area contributed by atoms with Gasteiger partial charge in [-0.3, -0.25) is 4.79 Å². The Morgan fingerprint density at radius 2 is 2.12 bits per heavy atom. The molecule has 94 valence electrons. The van der Waals surface area contributed by atoms with Gasteiger partial charge in [0.25, 0.3) is 0 Å². The second-order valence-electron chi connectivity index (χ2n) is 5.28. The monoisotopic (exact) mass is 228 g/mol. The van der Waals surface area contributed by atoms with E-state index in [0.717, 1.165) is 19.3 Å². The fraction of sp³-hybridized carbons (Fsp3) is 0.917. The van der Waals surface area contributed by atoms with E-state index in [-0.39, 0.29) is 24.6 Å². The summed E-state index contributed by atoms with van der Waals surface area (Å²) in [5.74, 6) is 0.983. The van der Waals surface area contributed by atoms with Crippen LogP contribution in [0.25, 0.3) is 0 Å². The van der Waals surface area contributed by atoms with Crippen LogP contribution in [0.2, 0.25) is 0 Å². The second-order valence-corrected chi connectivity index (χ2v) is 5.28. The van der Waals surface area contributed by atoms with Gasteiger partial charge >= 0.3 is 0 Å². The predicted molar refractivity (Wildman–Crippen MR) is 63.8 cm³/mol. The van der Waals surface area contributed by atoms with Crippen LogP contribution in [0.15, 0.2) is 0 Å². The predicted octanol–water partition coefficient (Wildman–Crippen LogP) is 0.637. The molecule has 4 heteroatoms. The van der Waals surface area contributed by atoms with Crippen LogP contribution < -0.4 is 11.1 Å². The van der Waals surface area contributed by atoms with Crippen molar-refractivity contribution >= 4 is 5.91 Å². The van der Waals surface area contributed by atoms with E-state index in [0.29, 0.717) is 18.3 Å². The fourth-order valence-corrected chi connectivity index (χ4v) is 1.94. The standard InChI is InChI=1S/C12H24N2O2/c1-8(2)5-10(7-15)14-12(16)6-11(13)9-3-4-9/h8-11,15H,3-7,13H2,1-2H3,(H,14,16). The summed E-state index contributed by atoms with van der Waals surface area (Å²) in [7, 11) is 0. The summed E-state index contributed by atoms with van der Waals surface area (Å²) in [4.78, 5) is 11.6. The molecular weight excluding hydrogens is 204 g/mol. The molecule has 0 spiro atoms. The SMILES string of the molecule is CC(C)CC(CO)NC(=O)CC(N)C1CC1. The Kier molecular flexibility index (Phi) is 5.22. The third-order valence-corrected chi connectivity index (χ3v) is 2.99. The van der Waals surface area contributed by atoms with Gasteiger partial charge in [0, 0.05) is 12.5 Å². The van der Waals surface area contributed by atoms with Crippen molar-refractivity contribution in [3.63, 3.8) is 0 Å². The molecular formula is C12H24N2O2. The van der Waals surface area contributed by atoms with Crippen LogP contribution in [0.4, 0.5) is 0 Å². The zero-order valence-electron chi connectivity index (χ0n) is 10.3. The lowest BCUT2D eigenvalue weighted by Gasteiger charge is -2.19. The van der Waals surface area contributed by atoms with Crippen molar-refractivity contribution in [3.05, 3.63) is 0 Å². The number of aliphatic hydroxyl groups excluding tert-OH is 1. The van der Waals surface area contributed by atoms with Crippen molar-refractivity contribution < 1.29 is 9.90 Å². The van der Waals surface area contributed by atoms with Gasteiger partial charge in [0.15, 0.2) is 0 Å². The van der Waals surface area contributed by atoms with Gasteiger partial charge in [-0.05, 0) is 31.1 Å². The number of carbonyl (C=O) groups is 1. The molecule has 0 aromatic rings. The smallest absolute Gasteiger partial charge is 0.221 e. The van der Waals surface area contributed by atoms with Crippen LogP contribution in [0, 0.1) is 11.8 Å². The molecule has 2 unspecified atom stereocenters. The van der Waals surface area contributed by atoms with E-state index in [1.54, 1.807) is 0 Å². The first-order valence-electron chi connectivity index (χ1n) is 6.18. The topological polar surface area (TPSA) is 75.3 Å². The summed E-state index contributed by atoms with van der Waals surface area (Å²) in [5.41, 5.74) is 5.87. The maximum absolute atomic E-state index is 11.6. The molecule has 2 atom stereocenters. The van der Waals surface area contributed by atoms with Crippen molar-refractivity contribution in [1.82, 2.24) is 5.32 Å². The van der Waals surface area contributed by atoms with E-state index in [9.17, 15) is 4.79 Å². The van der Waals surface area contributed by atoms with Gasteiger partial charge in [-0.15, -0.1) is 0 Å². The number of carbonyl (C=O) groups excluding carboxylic acids is 1. The van der Waals surface area contributed by atoms with Crippen molar-refractivity contribution in [2.24, 2.45) is 17.6 Å². The van der Waals surface area contributed by atoms with E-state index in [2.05, 4.69) is 19.2 Å². The molecule has 1 amide bonds. The Morgan fingerprint density at radius 1 is 1.50 bits per heavy atom. The Hall–Kier alpha value is -0.610. The summed E-state index contributed by atoms with van der Waals surface area (Å²) in [6, 6.07) is -0.128. The molecule has 4 N–H and O–H groups in total. The van der Waals surface area contributed by atoms with Gasteiger partial charge in [0.1, 0.15) is 0 Å². The molecule has 1 fully saturated rings. The van der Waals surface area contributed by atoms with E-state index < -0.39 is 0 Å². The van der Waals surface area contributed by atoms with Gasteiger partial charge in [-0.25, -0.2) is 0 Å². The largest absolute Gasteiger partial charge is 0.394 e. The van der Waals surface area contributed by atoms with Crippen molar-refractivity contribution in [2.45, 2.75) is 51.6 Å². The normalized spacial score (nSPS) is 19.6.